The summed E-state index contributed by atoms with van der Waals surface area (Å²) in [4.78, 5) is 35.3. The van der Waals surface area contributed by atoms with E-state index in [4.69, 9.17) is 5.73 Å². The summed E-state index contributed by atoms with van der Waals surface area (Å²) in [6.45, 7) is 1.40. The zero-order chi connectivity index (χ0) is 26.6. The molecule has 4 N–H and O–H groups in total. The number of aryl methyl sites for hydroxylation is 1. The van der Waals surface area contributed by atoms with Crippen molar-refractivity contribution in [3.63, 3.8) is 0 Å². The van der Waals surface area contributed by atoms with Crippen LogP contribution in [0.2, 0.25) is 0 Å². The minimum Gasteiger partial charge on any atom is -0.383 e. The molecule has 10 heteroatoms. The average Bonchev–Trinajstić information content (AvgIpc) is 2.85. The van der Waals surface area contributed by atoms with E-state index in [1.165, 1.54) is 19.2 Å². The second-order valence-electron chi connectivity index (χ2n) is 8.58. The van der Waals surface area contributed by atoms with Crippen LogP contribution in [0.5, 0.6) is 0 Å². The number of anilines is 1. The van der Waals surface area contributed by atoms with Gasteiger partial charge in [-0.2, -0.15) is 13.2 Å². The highest BCUT2D eigenvalue weighted by molar-refractivity contribution is 5.94. The fourth-order valence-electron chi connectivity index (χ4n) is 3.86. The van der Waals surface area contributed by atoms with E-state index in [0.717, 1.165) is 17.2 Å². The van der Waals surface area contributed by atoms with Gasteiger partial charge in [0.05, 0.1) is 5.56 Å². The number of H-pyrrole nitrogens is 1. The standard InChI is InChI=1S/C27H24F3N5O2/c1-16-21(14-23(24(31)35-16)27(28,29)30)15-34-26(37)20-8-10-32-22(13-20)12-18-6-4-17(5-7-18)11-19-3-2-9-33-25(19)36/h2-10,13-14H,11-12,15H2,1H3,(H2,31,35)(H,33,36)(H,34,37). The Bertz CT molecular complexity index is 1480. The fourth-order valence-corrected chi connectivity index (χ4v) is 3.86. The lowest BCUT2D eigenvalue weighted by Crippen LogP contribution is -2.24. The number of nitrogen functional groups attached to an aromatic ring is 1. The van der Waals surface area contributed by atoms with Gasteiger partial charge >= 0.3 is 6.18 Å². The molecule has 1 amide bonds. The summed E-state index contributed by atoms with van der Waals surface area (Å²) >= 11 is 0. The molecule has 0 unspecified atom stereocenters. The van der Waals surface area contributed by atoms with Crippen LogP contribution >= 0.6 is 0 Å². The van der Waals surface area contributed by atoms with E-state index in [9.17, 15) is 22.8 Å². The van der Waals surface area contributed by atoms with Crippen molar-refractivity contribution in [3.8, 4) is 0 Å². The molecule has 0 saturated carbocycles. The topological polar surface area (TPSA) is 114 Å². The van der Waals surface area contributed by atoms with Gasteiger partial charge in [-0.1, -0.05) is 30.3 Å². The zero-order valence-electron chi connectivity index (χ0n) is 19.9. The quantitative estimate of drug-likeness (QED) is 0.347. The number of nitrogens with one attached hydrogen (secondary N) is 2. The first kappa shape index (κ1) is 25.6. The van der Waals surface area contributed by atoms with Crippen molar-refractivity contribution in [1.29, 1.82) is 0 Å². The van der Waals surface area contributed by atoms with Crippen molar-refractivity contribution in [2.24, 2.45) is 0 Å². The normalized spacial score (nSPS) is 11.4. The van der Waals surface area contributed by atoms with Gasteiger partial charge in [-0.15, -0.1) is 0 Å². The minimum absolute atomic E-state index is 0.116. The summed E-state index contributed by atoms with van der Waals surface area (Å²) in [6, 6.07) is 15.4. The highest BCUT2D eigenvalue weighted by atomic mass is 19.4. The molecule has 0 saturated heterocycles. The molecule has 4 rings (SSSR count). The Labute approximate surface area is 210 Å². The second-order valence-corrected chi connectivity index (χ2v) is 8.58. The number of hydrogen-bond donors (Lipinski definition) is 3. The molecule has 0 radical (unpaired) electrons. The van der Waals surface area contributed by atoms with Gasteiger partial charge in [-0.3, -0.25) is 14.6 Å². The van der Waals surface area contributed by atoms with Crippen molar-refractivity contribution in [2.75, 3.05) is 5.73 Å². The van der Waals surface area contributed by atoms with Crippen LogP contribution in [0.15, 0.2) is 71.8 Å². The van der Waals surface area contributed by atoms with E-state index in [1.807, 2.05) is 24.3 Å². The highest BCUT2D eigenvalue weighted by Gasteiger charge is 2.34. The zero-order valence-corrected chi connectivity index (χ0v) is 19.9. The van der Waals surface area contributed by atoms with Crippen molar-refractivity contribution in [3.05, 3.63) is 122 Å². The van der Waals surface area contributed by atoms with E-state index in [0.29, 0.717) is 35.4 Å². The maximum atomic E-state index is 13.2. The monoisotopic (exact) mass is 507 g/mol. The van der Waals surface area contributed by atoms with E-state index < -0.39 is 23.5 Å². The van der Waals surface area contributed by atoms with Crippen molar-refractivity contribution in [1.82, 2.24) is 20.3 Å². The smallest absolute Gasteiger partial charge is 0.383 e. The van der Waals surface area contributed by atoms with Crippen LogP contribution in [0.3, 0.4) is 0 Å². The number of carbonyl (C=O) groups excluding carboxylic acids is 1. The number of halogens is 3. The lowest BCUT2D eigenvalue weighted by Gasteiger charge is -2.14. The molecule has 0 aliphatic rings. The number of nitrogens with zero attached hydrogens (tertiary/aromatic N) is 2. The number of benzene rings is 1. The van der Waals surface area contributed by atoms with Crippen LogP contribution < -0.4 is 16.6 Å². The number of pyridine rings is 3. The lowest BCUT2D eigenvalue weighted by molar-refractivity contribution is -0.137. The summed E-state index contributed by atoms with van der Waals surface area (Å²) in [6.07, 6.45) is -0.545. The molecule has 0 aliphatic carbocycles. The SMILES string of the molecule is Cc1nc(N)c(C(F)(F)F)cc1CNC(=O)c1ccnc(Cc2ccc(Cc3ccc[nH]c3=O)cc2)c1. The fraction of sp³-hybridized carbons (Fsp3) is 0.185. The molecule has 4 aromatic rings. The Morgan fingerprint density at radius 3 is 2.41 bits per heavy atom. The molecule has 3 aromatic heterocycles. The maximum absolute atomic E-state index is 13.2. The lowest BCUT2D eigenvalue weighted by atomic mass is 10.0. The Kier molecular flexibility index (Phi) is 7.37. The third-order valence-corrected chi connectivity index (χ3v) is 5.87. The predicted molar refractivity (Wildman–Crippen MR) is 133 cm³/mol. The number of nitrogens with two attached hydrogens (primary N) is 1. The van der Waals surface area contributed by atoms with Gasteiger partial charge < -0.3 is 16.0 Å². The van der Waals surface area contributed by atoms with Gasteiger partial charge in [0.2, 0.25) is 0 Å². The molecule has 0 bridgehead atoms. The number of rotatable bonds is 7. The van der Waals surface area contributed by atoms with Gasteiger partial charge in [0.25, 0.3) is 11.5 Å². The number of aromatic nitrogens is 3. The van der Waals surface area contributed by atoms with Gasteiger partial charge in [-0.05, 0) is 47.9 Å². The van der Waals surface area contributed by atoms with Crippen LogP contribution in [0, 0.1) is 6.92 Å². The van der Waals surface area contributed by atoms with Crippen molar-refractivity contribution < 1.29 is 18.0 Å². The van der Waals surface area contributed by atoms with E-state index >= 15 is 0 Å². The van der Waals surface area contributed by atoms with E-state index in [1.54, 1.807) is 24.4 Å². The predicted octanol–water partition coefficient (Wildman–Crippen LogP) is 4.19. The van der Waals surface area contributed by atoms with Crippen LogP contribution in [-0.4, -0.2) is 20.9 Å². The Morgan fingerprint density at radius 2 is 1.73 bits per heavy atom. The Hall–Kier alpha value is -4.47. The first-order chi connectivity index (χ1) is 17.6. The summed E-state index contributed by atoms with van der Waals surface area (Å²) < 4.78 is 39.5. The number of carbonyl (C=O) groups is 1. The van der Waals surface area contributed by atoms with Gasteiger partial charge in [0.15, 0.2) is 0 Å². The largest absolute Gasteiger partial charge is 0.419 e. The molecule has 1 aromatic carbocycles. The molecule has 0 spiro atoms. The summed E-state index contributed by atoms with van der Waals surface area (Å²) in [5.41, 5.74) is 8.42. The van der Waals surface area contributed by atoms with Crippen molar-refractivity contribution >= 4 is 11.7 Å². The molecular weight excluding hydrogens is 483 g/mol. The average molecular weight is 508 g/mol. The second kappa shape index (κ2) is 10.7. The first-order valence-corrected chi connectivity index (χ1v) is 11.4. The summed E-state index contributed by atoms with van der Waals surface area (Å²) in [7, 11) is 0. The minimum atomic E-state index is -4.64. The van der Waals surface area contributed by atoms with E-state index in [-0.39, 0.29) is 17.7 Å². The molecule has 0 aliphatic heterocycles. The number of alkyl halides is 3. The van der Waals surface area contributed by atoms with E-state index in [2.05, 4.69) is 20.3 Å². The molecule has 0 atom stereocenters. The van der Waals surface area contributed by atoms with Gasteiger partial charge in [0.1, 0.15) is 5.82 Å². The Balaban J connectivity index is 1.41. The third-order valence-electron chi connectivity index (χ3n) is 5.87. The van der Waals surface area contributed by atoms with Gasteiger partial charge in [-0.25, -0.2) is 4.98 Å². The molecule has 190 valence electrons. The summed E-state index contributed by atoms with van der Waals surface area (Å²) in [5, 5.41) is 2.64. The van der Waals surface area contributed by atoms with Crippen LogP contribution in [0.25, 0.3) is 0 Å². The number of hydrogen-bond acceptors (Lipinski definition) is 5. The van der Waals surface area contributed by atoms with Crippen LogP contribution in [-0.2, 0) is 25.6 Å². The van der Waals surface area contributed by atoms with Gasteiger partial charge in [0, 0.05) is 54.3 Å². The Morgan fingerprint density at radius 1 is 1.03 bits per heavy atom. The third kappa shape index (κ3) is 6.40. The van der Waals surface area contributed by atoms with Crippen LogP contribution in [0.4, 0.5) is 19.0 Å². The number of amides is 1. The van der Waals surface area contributed by atoms with Crippen molar-refractivity contribution in [2.45, 2.75) is 32.5 Å². The number of aromatic amines is 1. The first-order valence-electron chi connectivity index (χ1n) is 11.4. The molecular formula is C27H24F3N5O2. The maximum Gasteiger partial charge on any atom is 0.419 e. The van der Waals surface area contributed by atoms with Crippen LogP contribution in [0.1, 0.15) is 49.6 Å². The molecule has 0 fully saturated rings. The molecule has 7 nitrogen and oxygen atoms in total. The molecule has 3 heterocycles. The highest BCUT2D eigenvalue weighted by Crippen LogP contribution is 2.33. The summed E-state index contributed by atoms with van der Waals surface area (Å²) in [5.74, 6) is -1.04. The molecule has 37 heavy (non-hydrogen) atoms.